The smallest absolute Gasteiger partial charge is 0.193 e. The van der Waals surface area contributed by atoms with Crippen molar-refractivity contribution in [2.24, 2.45) is 0 Å². The second kappa shape index (κ2) is 5.03. The van der Waals surface area contributed by atoms with E-state index in [-0.39, 0.29) is 5.56 Å². The van der Waals surface area contributed by atoms with Crippen LogP contribution in [0.3, 0.4) is 0 Å². The lowest BCUT2D eigenvalue weighted by molar-refractivity contribution is 0.172. The predicted molar refractivity (Wildman–Crippen MR) is 75.8 cm³/mol. The summed E-state index contributed by atoms with van der Waals surface area (Å²) in [5.41, 5.74) is 1.03. The topological polar surface area (TPSA) is 37.5 Å². The molecule has 0 saturated carbocycles. The third kappa shape index (κ3) is 2.43. The molecule has 0 aliphatic heterocycles. The summed E-state index contributed by atoms with van der Waals surface area (Å²) in [7, 11) is 0. The van der Waals surface area contributed by atoms with Crippen LogP contribution in [0.1, 0.15) is 17.4 Å². The molecule has 2 heterocycles. The molecular weight excluding hydrogens is 331 g/mol. The summed E-state index contributed by atoms with van der Waals surface area (Å²) in [5.74, 6) is -0.420. The Morgan fingerprint density at radius 3 is 3.11 bits per heavy atom. The van der Waals surface area contributed by atoms with E-state index in [0.717, 1.165) is 10.7 Å². The molecule has 6 heteroatoms. The molecule has 0 amide bonds. The van der Waals surface area contributed by atoms with Gasteiger partial charge in [0.2, 0.25) is 0 Å². The van der Waals surface area contributed by atoms with Crippen LogP contribution in [-0.4, -0.2) is 14.5 Å². The van der Waals surface area contributed by atoms with Crippen molar-refractivity contribution < 1.29 is 9.50 Å². The molecule has 0 radical (unpaired) electrons. The third-order valence-corrected chi connectivity index (χ3v) is 4.27. The fraction of sp³-hybridized carbons (Fsp3) is 0.154. The van der Waals surface area contributed by atoms with Crippen molar-refractivity contribution in [3.05, 3.63) is 57.5 Å². The van der Waals surface area contributed by atoms with E-state index >= 15 is 0 Å². The number of imidazole rings is 1. The molecule has 2 aromatic heterocycles. The number of nitrogens with zero attached hydrogens (tertiary/aromatic N) is 2. The summed E-state index contributed by atoms with van der Waals surface area (Å²) in [6.07, 6.45) is 3.15. The maximum absolute atomic E-state index is 13.9. The molecule has 19 heavy (non-hydrogen) atoms. The van der Waals surface area contributed by atoms with Crippen molar-refractivity contribution in [3.63, 3.8) is 0 Å². The molecule has 98 valence electrons. The van der Waals surface area contributed by atoms with Crippen molar-refractivity contribution in [3.8, 4) is 0 Å². The maximum atomic E-state index is 13.9. The van der Waals surface area contributed by atoms with Crippen LogP contribution in [0.5, 0.6) is 0 Å². The van der Waals surface area contributed by atoms with Gasteiger partial charge >= 0.3 is 0 Å². The number of rotatable bonds is 3. The van der Waals surface area contributed by atoms with Gasteiger partial charge in [0.05, 0.1) is 16.3 Å². The minimum Gasteiger partial charge on any atom is -0.388 e. The van der Waals surface area contributed by atoms with Gasteiger partial charge in [-0.05, 0) is 22.0 Å². The predicted octanol–water partition coefficient (Wildman–Crippen LogP) is 3.57. The van der Waals surface area contributed by atoms with Gasteiger partial charge in [-0.25, -0.2) is 9.37 Å². The van der Waals surface area contributed by atoms with E-state index in [4.69, 9.17) is 0 Å². The quantitative estimate of drug-likeness (QED) is 0.791. The van der Waals surface area contributed by atoms with Crippen molar-refractivity contribution in [2.45, 2.75) is 12.5 Å². The van der Waals surface area contributed by atoms with Crippen LogP contribution in [0.2, 0.25) is 0 Å². The number of hydrogen-bond acceptors (Lipinski definition) is 3. The SMILES string of the molecule is OC(Cc1cn2ccsc2n1)c1cccc(Br)c1F. The summed E-state index contributed by atoms with van der Waals surface area (Å²) in [4.78, 5) is 5.25. The monoisotopic (exact) mass is 340 g/mol. The summed E-state index contributed by atoms with van der Waals surface area (Å²) < 4.78 is 16.1. The standard InChI is InChI=1S/C13H10BrFN2OS/c14-10-3-1-2-9(12(10)15)11(18)6-8-7-17-4-5-19-13(17)16-8/h1-5,7,11,18H,6H2. The van der Waals surface area contributed by atoms with Gasteiger partial charge < -0.3 is 5.11 Å². The van der Waals surface area contributed by atoms with E-state index in [9.17, 15) is 9.50 Å². The lowest BCUT2D eigenvalue weighted by Crippen LogP contribution is -2.05. The Labute approximate surface area is 121 Å². The number of aliphatic hydroxyl groups is 1. The van der Waals surface area contributed by atoms with Crippen molar-refractivity contribution in [1.29, 1.82) is 0 Å². The molecule has 0 aliphatic rings. The van der Waals surface area contributed by atoms with Crippen LogP contribution in [0, 0.1) is 5.82 Å². The summed E-state index contributed by atoms with van der Waals surface area (Å²) in [6, 6.07) is 4.90. The van der Waals surface area contributed by atoms with Gasteiger partial charge in [-0.3, -0.25) is 4.40 Å². The van der Waals surface area contributed by atoms with Gasteiger partial charge in [0.25, 0.3) is 0 Å². The molecule has 3 rings (SSSR count). The van der Waals surface area contributed by atoms with Crippen LogP contribution < -0.4 is 0 Å². The lowest BCUT2D eigenvalue weighted by atomic mass is 10.0. The minimum absolute atomic E-state index is 0.283. The molecule has 3 nitrogen and oxygen atoms in total. The molecule has 0 bridgehead atoms. The molecule has 0 aliphatic carbocycles. The first-order valence-corrected chi connectivity index (χ1v) is 7.35. The Bertz CT molecular complexity index is 696. The van der Waals surface area contributed by atoms with E-state index in [2.05, 4.69) is 20.9 Å². The van der Waals surface area contributed by atoms with Crippen LogP contribution >= 0.6 is 27.3 Å². The zero-order valence-electron chi connectivity index (χ0n) is 9.75. The molecule has 1 aromatic carbocycles. The van der Waals surface area contributed by atoms with Gasteiger partial charge in [0.1, 0.15) is 5.82 Å². The van der Waals surface area contributed by atoms with Crippen molar-refractivity contribution in [2.75, 3.05) is 0 Å². The van der Waals surface area contributed by atoms with E-state index in [1.165, 1.54) is 11.3 Å². The summed E-state index contributed by atoms with van der Waals surface area (Å²) in [5, 5.41) is 12.1. The maximum Gasteiger partial charge on any atom is 0.193 e. The summed E-state index contributed by atoms with van der Waals surface area (Å²) >= 11 is 4.64. The molecule has 0 saturated heterocycles. The zero-order valence-corrected chi connectivity index (χ0v) is 12.2. The van der Waals surface area contributed by atoms with Crippen molar-refractivity contribution >= 4 is 32.2 Å². The van der Waals surface area contributed by atoms with Gasteiger partial charge in [0, 0.05) is 29.8 Å². The first-order valence-electron chi connectivity index (χ1n) is 5.68. The average molecular weight is 341 g/mol. The number of aliphatic hydroxyl groups excluding tert-OH is 1. The van der Waals surface area contributed by atoms with Crippen LogP contribution in [0.15, 0.2) is 40.4 Å². The minimum atomic E-state index is -0.901. The van der Waals surface area contributed by atoms with Crippen molar-refractivity contribution in [1.82, 2.24) is 9.38 Å². The van der Waals surface area contributed by atoms with Crippen LogP contribution in [0.25, 0.3) is 4.96 Å². The number of hydrogen-bond donors (Lipinski definition) is 1. The zero-order chi connectivity index (χ0) is 13.4. The lowest BCUT2D eigenvalue weighted by Gasteiger charge is -2.11. The fourth-order valence-electron chi connectivity index (χ4n) is 1.96. The Kier molecular flexibility index (Phi) is 3.38. The molecule has 1 atom stereocenters. The van der Waals surface area contributed by atoms with Gasteiger partial charge in [0.15, 0.2) is 4.96 Å². The van der Waals surface area contributed by atoms with E-state index < -0.39 is 11.9 Å². The first-order chi connectivity index (χ1) is 9.15. The Balaban J connectivity index is 1.86. The van der Waals surface area contributed by atoms with Gasteiger partial charge in [-0.1, -0.05) is 12.1 Å². The normalized spacial score (nSPS) is 13.0. The van der Waals surface area contributed by atoms with Gasteiger partial charge in [-0.2, -0.15) is 0 Å². The fourth-order valence-corrected chi connectivity index (χ4v) is 3.06. The highest BCUT2D eigenvalue weighted by Crippen LogP contribution is 2.26. The Morgan fingerprint density at radius 2 is 2.32 bits per heavy atom. The highest BCUT2D eigenvalue weighted by molar-refractivity contribution is 9.10. The average Bonchev–Trinajstić information content (AvgIpc) is 2.93. The highest BCUT2D eigenvalue weighted by Gasteiger charge is 2.16. The third-order valence-electron chi connectivity index (χ3n) is 2.89. The second-order valence-corrected chi connectivity index (χ2v) is 5.92. The molecule has 0 fully saturated rings. The number of benzene rings is 1. The number of aromatic nitrogens is 2. The Morgan fingerprint density at radius 1 is 1.47 bits per heavy atom. The molecular formula is C13H10BrFN2OS. The van der Waals surface area contributed by atoms with E-state index in [1.54, 1.807) is 18.2 Å². The number of thiazole rings is 1. The van der Waals surface area contributed by atoms with E-state index in [0.29, 0.717) is 10.9 Å². The second-order valence-electron chi connectivity index (χ2n) is 4.19. The van der Waals surface area contributed by atoms with E-state index in [1.807, 2.05) is 22.2 Å². The number of fused-ring (bicyclic) bond motifs is 1. The highest BCUT2D eigenvalue weighted by atomic mass is 79.9. The molecule has 3 aromatic rings. The Hall–Kier alpha value is -1.24. The summed E-state index contributed by atoms with van der Waals surface area (Å²) in [6.45, 7) is 0. The molecule has 0 spiro atoms. The molecule has 1 unspecified atom stereocenters. The molecule has 1 N–H and O–H groups in total. The van der Waals surface area contributed by atoms with Crippen LogP contribution in [0.4, 0.5) is 4.39 Å². The number of halogens is 2. The first kappa shape index (κ1) is 12.8. The largest absolute Gasteiger partial charge is 0.388 e. The van der Waals surface area contributed by atoms with Gasteiger partial charge in [-0.15, -0.1) is 11.3 Å². The van der Waals surface area contributed by atoms with Crippen LogP contribution in [-0.2, 0) is 6.42 Å².